The third kappa shape index (κ3) is 36.7. The summed E-state index contributed by atoms with van der Waals surface area (Å²) in [6.07, 6.45) is 41.4. The van der Waals surface area contributed by atoms with E-state index in [-0.39, 0.29) is 31.1 Å². The van der Waals surface area contributed by atoms with Gasteiger partial charge in [-0.2, -0.15) is 0 Å². The minimum Gasteiger partial charge on any atom is -0.462 e. The number of ether oxygens (including phenoxy) is 3. The maximum Gasteiger partial charge on any atom is 0.306 e. The number of unbranched alkanes of at least 4 members (excludes halogenated alkanes) is 19. The first kappa shape index (κ1) is 46.6. The predicted octanol–water partition coefficient (Wildman–Crippen LogP) is 12.6. The molecule has 1 atom stereocenters. The summed E-state index contributed by atoms with van der Waals surface area (Å²) in [6.45, 7) is 6.41. The molecule has 0 radical (unpaired) electrons. The van der Waals surface area contributed by atoms with E-state index in [1.165, 1.54) is 77.0 Å². The van der Waals surface area contributed by atoms with Gasteiger partial charge in [0.25, 0.3) is 0 Å². The molecule has 0 saturated heterocycles. The highest BCUT2D eigenvalue weighted by molar-refractivity contribution is 5.71. The number of esters is 3. The number of rotatable bonds is 36. The van der Waals surface area contributed by atoms with Gasteiger partial charge in [0.1, 0.15) is 13.2 Å². The zero-order chi connectivity index (χ0) is 35.9. The maximum atomic E-state index is 12.6. The average Bonchev–Trinajstić information content (AvgIpc) is 3.10. The van der Waals surface area contributed by atoms with Gasteiger partial charge in [0.2, 0.25) is 0 Å². The van der Waals surface area contributed by atoms with E-state index in [1.54, 1.807) is 0 Å². The fourth-order valence-corrected chi connectivity index (χ4v) is 5.57. The molecule has 0 aromatic heterocycles. The van der Waals surface area contributed by atoms with Crippen LogP contribution in [0.2, 0.25) is 0 Å². The van der Waals surface area contributed by atoms with E-state index in [2.05, 4.69) is 57.2 Å². The number of carbonyl (C=O) groups excluding carboxylic acids is 3. The first-order valence-electron chi connectivity index (χ1n) is 20.5. The quantitative estimate of drug-likeness (QED) is 0.0282. The van der Waals surface area contributed by atoms with Gasteiger partial charge >= 0.3 is 17.9 Å². The van der Waals surface area contributed by atoms with E-state index in [0.717, 1.165) is 83.5 Å². The Morgan fingerprint density at radius 1 is 0.429 bits per heavy atom. The normalized spacial score (nSPS) is 12.3. The molecule has 0 heterocycles. The minimum atomic E-state index is -0.774. The van der Waals surface area contributed by atoms with Crippen molar-refractivity contribution in [3.63, 3.8) is 0 Å². The fraction of sp³-hybridized carbons (Fsp3) is 0.791. The number of carbonyl (C=O) groups is 3. The van der Waals surface area contributed by atoms with Crippen molar-refractivity contribution in [3.8, 4) is 0 Å². The second-order valence-electron chi connectivity index (χ2n) is 13.5. The van der Waals surface area contributed by atoms with Crippen LogP contribution in [0, 0.1) is 0 Å². The van der Waals surface area contributed by atoms with Crippen molar-refractivity contribution in [1.82, 2.24) is 0 Å². The molecule has 0 bridgehead atoms. The Bertz CT molecular complexity index is 845. The molecule has 6 heteroatoms. The first-order chi connectivity index (χ1) is 24.0. The summed E-state index contributed by atoms with van der Waals surface area (Å²) in [6, 6.07) is 0. The lowest BCUT2D eigenvalue weighted by atomic mass is 10.0. The number of hydrogen-bond donors (Lipinski definition) is 0. The average molecular weight is 689 g/mol. The molecule has 0 aliphatic rings. The van der Waals surface area contributed by atoms with Crippen LogP contribution in [0.25, 0.3) is 0 Å². The molecule has 0 saturated carbocycles. The first-order valence-corrected chi connectivity index (χ1v) is 20.5. The van der Waals surface area contributed by atoms with Gasteiger partial charge in [-0.1, -0.05) is 166 Å². The highest BCUT2D eigenvalue weighted by Gasteiger charge is 2.19. The van der Waals surface area contributed by atoms with Gasteiger partial charge in [0.15, 0.2) is 6.10 Å². The topological polar surface area (TPSA) is 78.9 Å². The molecule has 0 N–H and O–H groups in total. The maximum absolute atomic E-state index is 12.6. The summed E-state index contributed by atoms with van der Waals surface area (Å²) in [5.41, 5.74) is 0. The van der Waals surface area contributed by atoms with Crippen LogP contribution in [0.15, 0.2) is 36.5 Å². The Hall–Kier alpha value is -2.37. The third-order valence-corrected chi connectivity index (χ3v) is 8.66. The standard InChI is InChI=1S/C43H76O6/c1-4-7-10-13-16-18-20-22-24-25-27-30-33-36-42(45)48-39-40(38-47-41(44)35-32-29-15-12-9-6-3)49-43(46)37-34-31-28-26-23-21-19-17-14-11-8-5-2/h7,10,16,18,22,24,40H,4-6,8-9,11-15,17,19-21,23,25-39H2,1-3H3/b10-7-,18-16-,24-22-. The molecule has 0 rings (SSSR count). The Morgan fingerprint density at radius 2 is 0.796 bits per heavy atom. The fourth-order valence-electron chi connectivity index (χ4n) is 5.57. The van der Waals surface area contributed by atoms with E-state index in [0.29, 0.717) is 19.3 Å². The molecule has 49 heavy (non-hydrogen) atoms. The number of allylic oxidation sites excluding steroid dienone is 6. The second kappa shape index (κ2) is 38.4. The van der Waals surface area contributed by atoms with Crippen LogP contribution < -0.4 is 0 Å². The third-order valence-electron chi connectivity index (χ3n) is 8.66. The molecule has 284 valence electrons. The molecule has 0 aliphatic heterocycles. The van der Waals surface area contributed by atoms with Gasteiger partial charge in [-0.25, -0.2) is 0 Å². The molecule has 0 fully saturated rings. The van der Waals surface area contributed by atoms with Gasteiger partial charge in [0, 0.05) is 19.3 Å². The molecule has 0 aromatic carbocycles. The number of hydrogen-bond acceptors (Lipinski definition) is 6. The summed E-state index contributed by atoms with van der Waals surface area (Å²) in [5.74, 6) is -0.923. The second-order valence-corrected chi connectivity index (χ2v) is 13.5. The predicted molar refractivity (Wildman–Crippen MR) is 206 cm³/mol. The van der Waals surface area contributed by atoms with Crippen molar-refractivity contribution in [2.45, 2.75) is 207 Å². The SMILES string of the molecule is CC/C=C\C/C=C\C/C=C\CCCCCC(=O)OCC(COC(=O)CCCCCCCC)OC(=O)CCCCCCCCCCCCCC. The van der Waals surface area contributed by atoms with Crippen molar-refractivity contribution in [2.75, 3.05) is 13.2 Å². The summed E-state index contributed by atoms with van der Waals surface area (Å²) < 4.78 is 16.5. The van der Waals surface area contributed by atoms with Crippen molar-refractivity contribution in [1.29, 1.82) is 0 Å². The molecule has 0 spiro atoms. The van der Waals surface area contributed by atoms with Gasteiger partial charge in [-0.15, -0.1) is 0 Å². The van der Waals surface area contributed by atoms with E-state index >= 15 is 0 Å². The highest BCUT2D eigenvalue weighted by Crippen LogP contribution is 2.14. The Balaban J connectivity index is 4.35. The van der Waals surface area contributed by atoms with Crippen molar-refractivity contribution >= 4 is 17.9 Å². The minimum absolute atomic E-state index is 0.0803. The van der Waals surface area contributed by atoms with E-state index in [4.69, 9.17) is 14.2 Å². The zero-order valence-corrected chi connectivity index (χ0v) is 32.2. The Morgan fingerprint density at radius 3 is 1.24 bits per heavy atom. The monoisotopic (exact) mass is 689 g/mol. The Labute approximate surface area is 302 Å². The van der Waals surface area contributed by atoms with E-state index in [9.17, 15) is 14.4 Å². The molecule has 0 amide bonds. The zero-order valence-electron chi connectivity index (χ0n) is 32.2. The lowest BCUT2D eigenvalue weighted by molar-refractivity contribution is -0.167. The van der Waals surface area contributed by atoms with Crippen LogP contribution in [0.4, 0.5) is 0 Å². The molecule has 0 aliphatic carbocycles. The lowest BCUT2D eigenvalue weighted by Gasteiger charge is -2.18. The summed E-state index contributed by atoms with van der Waals surface area (Å²) >= 11 is 0. The van der Waals surface area contributed by atoms with Crippen LogP contribution in [0.5, 0.6) is 0 Å². The van der Waals surface area contributed by atoms with Crippen LogP contribution in [0.3, 0.4) is 0 Å². The molecular formula is C43H76O6. The van der Waals surface area contributed by atoms with Crippen LogP contribution in [0.1, 0.15) is 201 Å². The lowest BCUT2D eigenvalue weighted by Crippen LogP contribution is -2.30. The van der Waals surface area contributed by atoms with Crippen LogP contribution >= 0.6 is 0 Å². The summed E-state index contributed by atoms with van der Waals surface area (Å²) in [5, 5.41) is 0. The van der Waals surface area contributed by atoms with Crippen molar-refractivity contribution in [2.24, 2.45) is 0 Å². The molecule has 0 aromatic rings. The Kier molecular flexibility index (Phi) is 36.6. The van der Waals surface area contributed by atoms with Gasteiger partial charge < -0.3 is 14.2 Å². The summed E-state index contributed by atoms with van der Waals surface area (Å²) in [4.78, 5) is 37.4. The van der Waals surface area contributed by atoms with Gasteiger partial charge in [-0.05, 0) is 51.4 Å². The smallest absolute Gasteiger partial charge is 0.306 e. The van der Waals surface area contributed by atoms with Crippen molar-refractivity contribution < 1.29 is 28.6 Å². The largest absolute Gasteiger partial charge is 0.462 e. The van der Waals surface area contributed by atoms with Crippen LogP contribution in [-0.4, -0.2) is 37.2 Å². The molecular weight excluding hydrogens is 612 g/mol. The highest BCUT2D eigenvalue weighted by atomic mass is 16.6. The molecule has 1 unspecified atom stereocenters. The van der Waals surface area contributed by atoms with Crippen molar-refractivity contribution in [3.05, 3.63) is 36.5 Å². The van der Waals surface area contributed by atoms with E-state index in [1.807, 2.05) is 0 Å². The van der Waals surface area contributed by atoms with Gasteiger partial charge in [0.05, 0.1) is 0 Å². The van der Waals surface area contributed by atoms with Crippen LogP contribution in [-0.2, 0) is 28.6 Å². The molecule has 6 nitrogen and oxygen atoms in total. The summed E-state index contributed by atoms with van der Waals surface area (Å²) in [7, 11) is 0. The van der Waals surface area contributed by atoms with Gasteiger partial charge in [-0.3, -0.25) is 14.4 Å². The van der Waals surface area contributed by atoms with E-state index < -0.39 is 6.10 Å².